The molecule has 34 heavy (non-hydrogen) atoms. The van der Waals surface area contributed by atoms with Gasteiger partial charge in [-0.1, -0.05) is 42.0 Å². The second-order valence-corrected chi connectivity index (χ2v) is 8.84. The van der Waals surface area contributed by atoms with Gasteiger partial charge in [-0.15, -0.1) is 0 Å². The van der Waals surface area contributed by atoms with Crippen LogP contribution in [0.2, 0.25) is 0 Å². The molecule has 0 bridgehead atoms. The Bertz CT molecular complexity index is 1400. The summed E-state index contributed by atoms with van der Waals surface area (Å²) in [5.41, 5.74) is 6.41. The smallest absolute Gasteiger partial charge is 0.254 e. The fraction of sp³-hybridized carbons (Fsp3) is 0.241. The number of hydrogen-bond acceptors (Lipinski definition) is 3. The lowest BCUT2D eigenvalue weighted by molar-refractivity contribution is -0.116. The number of carbonyl (C=O) groups excluding carboxylic acids is 1. The first-order chi connectivity index (χ1) is 16.3. The van der Waals surface area contributed by atoms with Gasteiger partial charge in [0.1, 0.15) is 12.3 Å². The van der Waals surface area contributed by atoms with E-state index in [1.165, 1.54) is 11.1 Å². The van der Waals surface area contributed by atoms with Crippen molar-refractivity contribution in [1.82, 2.24) is 4.57 Å². The number of carbonyl (C=O) groups is 1. The molecule has 0 aliphatic rings. The lowest BCUT2D eigenvalue weighted by Crippen LogP contribution is -2.30. The molecular formula is C29H30N2O3. The number of rotatable bonds is 7. The van der Waals surface area contributed by atoms with Gasteiger partial charge in [0.25, 0.3) is 5.56 Å². The van der Waals surface area contributed by atoms with Crippen molar-refractivity contribution < 1.29 is 9.53 Å². The standard InChI is InChI=1S/C29H30N2O3/c1-19-6-9-22(10-7-19)11-12-24-16-23-13-14-25(34-4)17-27(23)31(29(24)33)18-28(32)30-26-15-20(2)5-8-21(26)3/h5-10,13-17H,11-12,18H2,1-4H3,(H,30,32). The molecule has 4 rings (SSSR count). The maximum atomic E-state index is 13.5. The van der Waals surface area contributed by atoms with E-state index in [2.05, 4.69) is 36.5 Å². The highest BCUT2D eigenvalue weighted by molar-refractivity contribution is 5.92. The molecule has 0 saturated heterocycles. The van der Waals surface area contributed by atoms with Gasteiger partial charge in [-0.25, -0.2) is 0 Å². The molecule has 0 aliphatic carbocycles. The van der Waals surface area contributed by atoms with Crippen LogP contribution in [-0.2, 0) is 24.2 Å². The van der Waals surface area contributed by atoms with E-state index in [1.54, 1.807) is 11.7 Å². The van der Waals surface area contributed by atoms with Gasteiger partial charge in [0, 0.05) is 17.3 Å². The maximum Gasteiger partial charge on any atom is 0.254 e. The summed E-state index contributed by atoms with van der Waals surface area (Å²) in [7, 11) is 1.59. The average molecular weight is 455 g/mol. The molecule has 1 amide bonds. The van der Waals surface area contributed by atoms with Gasteiger partial charge < -0.3 is 10.1 Å². The molecular weight excluding hydrogens is 424 g/mol. The van der Waals surface area contributed by atoms with E-state index in [0.717, 1.165) is 28.6 Å². The third-order valence-electron chi connectivity index (χ3n) is 6.15. The number of amides is 1. The van der Waals surface area contributed by atoms with Gasteiger partial charge in [-0.2, -0.15) is 0 Å². The van der Waals surface area contributed by atoms with E-state index < -0.39 is 0 Å². The lowest BCUT2D eigenvalue weighted by atomic mass is 10.0. The number of aryl methyl sites for hydroxylation is 5. The van der Waals surface area contributed by atoms with E-state index in [9.17, 15) is 9.59 Å². The minimum Gasteiger partial charge on any atom is -0.497 e. The SMILES string of the molecule is COc1ccc2cc(CCc3ccc(C)cc3)c(=O)n(CC(=O)Nc3cc(C)ccc3C)c2c1. The Balaban J connectivity index is 1.68. The summed E-state index contributed by atoms with van der Waals surface area (Å²) in [6.45, 7) is 5.92. The van der Waals surface area contributed by atoms with Crippen LogP contribution in [0, 0.1) is 20.8 Å². The Labute approximate surface area is 200 Å². The van der Waals surface area contributed by atoms with Crippen LogP contribution in [0.5, 0.6) is 5.75 Å². The number of nitrogens with zero attached hydrogens (tertiary/aromatic N) is 1. The molecule has 1 aromatic heterocycles. The van der Waals surface area contributed by atoms with E-state index in [4.69, 9.17) is 4.74 Å². The van der Waals surface area contributed by atoms with Gasteiger partial charge in [-0.05, 0) is 80.0 Å². The average Bonchev–Trinajstić information content (AvgIpc) is 2.83. The van der Waals surface area contributed by atoms with Gasteiger partial charge in [0.15, 0.2) is 0 Å². The first kappa shape index (κ1) is 23.3. The quantitative estimate of drug-likeness (QED) is 0.409. The molecule has 0 fully saturated rings. The third kappa shape index (κ3) is 5.20. The number of anilines is 1. The minimum absolute atomic E-state index is 0.0751. The largest absolute Gasteiger partial charge is 0.497 e. The monoisotopic (exact) mass is 454 g/mol. The predicted molar refractivity (Wildman–Crippen MR) is 138 cm³/mol. The zero-order valence-electron chi connectivity index (χ0n) is 20.1. The van der Waals surface area contributed by atoms with E-state index in [-0.39, 0.29) is 18.0 Å². The second kappa shape index (κ2) is 9.96. The zero-order valence-corrected chi connectivity index (χ0v) is 20.1. The van der Waals surface area contributed by atoms with Crippen LogP contribution in [-0.4, -0.2) is 17.6 Å². The number of pyridine rings is 1. The molecule has 0 saturated carbocycles. The number of fused-ring (bicyclic) bond motifs is 1. The summed E-state index contributed by atoms with van der Waals surface area (Å²) < 4.78 is 6.93. The third-order valence-corrected chi connectivity index (χ3v) is 6.15. The topological polar surface area (TPSA) is 60.3 Å². The summed E-state index contributed by atoms with van der Waals surface area (Å²) in [6, 6.07) is 21.8. The highest BCUT2D eigenvalue weighted by Crippen LogP contribution is 2.22. The van der Waals surface area contributed by atoms with Gasteiger partial charge in [-0.3, -0.25) is 14.2 Å². The maximum absolute atomic E-state index is 13.5. The fourth-order valence-electron chi connectivity index (χ4n) is 4.11. The molecule has 0 atom stereocenters. The Morgan fingerprint density at radius 1 is 0.882 bits per heavy atom. The summed E-state index contributed by atoms with van der Waals surface area (Å²) in [6.07, 6.45) is 1.36. The highest BCUT2D eigenvalue weighted by Gasteiger charge is 2.14. The van der Waals surface area contributed by atoms with Crippen LogP contribution in [0.4, 0.5) is 5.69 Å². The van der Waals surface area contributed by atoms with Crippen LogP contribution >= 0.6 is 0 Å². The first-order valence-electron chi connectivity index (χ1n) is 11.5. The molecule has 174 valence electrons. The highest BCUT2D eigenvalue weighted by atomic mass is 16.5. The summed E-state index contributed by atoms with van der Waals surface area (Å²) >= 11 is 0. The fourth-order valence-corrected chi connectivity index (χ4v) is 4.11. The number of nitrogens with one attached hydrogen (secondary N) is 1. The van der Waals surface area contributed by atoms with Gasteiger partial charge in [0.2, 0.25) is 5.91 Å². The van der Waals surface area contributed by atoms with Gasteiger partial charge >= 0.3 is 0 Å². The number of aromatic nitrogens is 1. The minimum atomic E-state index is -0.240. The molecule has 0 radical (unpaired) electrons. The Kier molecular flexibility index (Phi) is 6.82. The second-order valence-electron chi connectivity index (χ2n) is 8.84. The molecule has 0 spiro atoms. The van der Waals surface area contributed by atoms with Crippen molar-refractivity contribution in [3.8, 4) is 5.75 Å². The molecule has 1 N–H and O–H groups in total. The van der Waals surface area contributed by atoms with Crippen molar-refractivity contribution in [3.05, 3.63) is 105 Å². The van der Waals surface area contributed by atoms with Crippen molar-refractivity contribution in [1.29, 1.82) is 0 Å². The molecule has 5 heteroatoms. The molecule has 0 aliphatic heterocycles. The van der Waals surface area contributed by atoms with Crippen molar-refractivity contribution in [2.24, 2.45) is 0 Å². The van der Waals surface area contributed by atoms with Crippen LogP contribution < -0.4 is 15.6 Å². The van der Waals surface area contributed by atoms with Crippen molar-refractivity contribution in [2.45, 2.75) is 40.2 Å². The van der Waals surface area contributed by atoms with Crippen LogP contribution in [0.25, 0.3) is 10.9 Å². The molecule has 3 aromatic carbocycles. The van der Waals surface area contributed by atoms with E-state index in [0.29, 0.717) is 23.3 Å². The van der Waals surface area contributed by atoms with Crippen LogP contribution in [0.1, 0.15) is 27.8 Å². The molecule has 0 unspecified atom stereocenters. The predicted octanol–water partition coefficient (Wildman–Crippen LogP) is 5.36. The zero-order chi connectivity index (χ0) is 24.2. The van der Waals surface area contributed by atoms with Gasteiger partial charge in [0.05, 0.1) is 12.6 Å². The molecule has 5 nitrogen and oxygen atoms in total. The Morgan fingerprint density at radius 3 is 2.35 bits per heavy atom. The van der Waals surface area contributed by atoms with Crippen molar-refractivity contribution in [3.63, 3.8) is 0 Å². The molecule has 1 heterocycles. The number of benzene rings is 3. The van der Waals surface area contributed by atoms with Crippen LogP contribution in [0.3, 0.4) is 0 Å². The number of ether oxygens (including phenoxy) is 1. The van der Waals surface area contributed by atoms with Crippen LogP contribution in [0.15, 0.2) is 71.5 Å². The summed E-state index contributed by atoms with van der Waals surface area (Å²) in [4.78, 5) is 26.5. The van der Waals surface area contributed by atoms with E-state index >= 15 is 0 Å². The van der Waals surface area contributed by atoms with Crippen molar-refractivity contribution >= 4 is 22.5 Å². The summed E-state index contributed by atoms with van der Waals surface area (Å²) in [5, 5.41) is 3.87. The Morgan fingerprint density at radius 2 is 1.62 bits per heavy atom. The molecule has 4 aromatic rings. The van der Waals surface area contributed by atoms with Crippen molar-refractivity contribution in [2.75, 3.05) is 12.4 Å². The van der Waals surface area contributed by atoms with E-state index in [1.807, 2.05) is 56.3 Å². The first-order valence-corrected chi connectivity index (χ1v) is 11.5. The number of hydrogen-bond donors (Lipinski definition) is 1. The number of methoxy groups -OCH3 is 1. The lowest BCUT2D eigenvalue weighted by Gasteiger charge is -2.15. The normalized spacial score (nSPS) is 10.9. The summed E-state index contributed by atoms with van der Waals surface area (Å²) in [5.74, 6) is 0.401. The Hall–Kier alpha value is -3.86.